The molecule has 0 aliphatic carbocycles. The number of imidazole rings is 1. The molecule has 0 saturated carbocycles. The van der Waals surface area contributed by atoms with Gasteiger partial charge >= 0.3 is 0 Å². The van der Waals surface area contributed by atoms with E-state index in [0.29, 0.717) is 17.0 Å². The van der Waals surface area contributed by atoms with Crippen molar-refractivity contribution in [1.82, 2.24) is 19.5 Å². The van der Waals surface area contributed by atoms with Gasteiger partial charge in [-0.1, -0.05) is 58.0 Å². The standard InChI is InChI=1S/C25H37N5O2Si/c1-7-19-18(14-13-17-11-9-8-10-12-17)21(32-33(5,6)25(2,3)4)24(31-19)30-16-29-20-22(26)27-15-28-23(20)30/h8-12,15-16,18-19,21,24H,7,13-14H2,1-6H3,(H2,26,27,28)/t18?,19-,21+,24-/m1/s1. The molecule has 0 spiro atoms. The number of rotatable bonds is 7. The number of aromatic nitrogens is 4. The Morgan fingerprint density at radius 3 is 2.52 bits per heavy atom. The monoisotopic (exact) mass is 467 g/mol. The molecule has 4 atom stereocenters. The minimum Gasteiger partial charge on any atom is -0.409 e. The summed E-state index contributed by atoms with van der Waals surface area (Å²) in [6.45, 7) is 13.6. The third-order valence-corrected chi connectivity index (χ3v) is 11.9. The Labute approximate surface area is 197 Å². The molecule has 1 saturated heterocycles. The number of nitrogens with two attached hydrogens (primary N) is 1. The van der Waals surface area contributed by atoms with Gasteiger partial charge in [0.05, 0.1) is 18.5 Å². The quantitative estimate of drug-likeness (QED) is 0.471. The van der Waals surface area contributed by atoms with Crippen molar-refractivity contribution in [2.75, 3.05) is 5.73 Å². The number of anilines is 1. The smallest absolute Gasteiger partial charge is 0.192 e. The van der Waals surface area contributed by atoms with Crippen molar-refractivity contribution in [1.29, 1.82) is 0 Å². The van der Waals surface area contributed by atoms with Gasteiger partial charge in [0.2, 0.25) is 0 Å². The highest BCUT2D eigenvalue weighted by Gasteiger charge is 2.50. The normalized spacial score (nSPS) is 23.9. The summed E-state index contributed by atoms with van der Waals surface area (Å²) >= 11 is 0. The highest BCUT2D eigenvalue weighted by molar-refractivity contribution is 6.74. The molecule has 1 aliphatic heterocycles. The summed E-state index contributed by atoms with van der Waals surface area (Å²) in [6.07, 6.45) is 5.89. The summed E-state index contributed by atoms with van der Waals surface area (Å²) in [4.78, 5) is 13.1. The van der Waals surface area contributed by atoms with Gasteiger partial charge in [0.15, 0.2) is 26.0 Å². The highest BCUT2D eigenvalue weighted by atomic mass is 28.4. The van der Waals surface area contributed by atoms with E-state index in [9.17, 15) is 0 Å². The van der Waals surface area contributed by atoms with E-state index in [1.165, 1.54) is 11.9 Å². The molecule has 3 aromatic rings. The zero-order valence-electron chi connectivity index (χ0n) is 20.7. The Hall–Kier alpha value is -2.29. The van der Waals surface area contributed by atoms with Crippen molar-refractivity contribution in [2.45, 2.75) is 83.5 Å². The Morgan fingerprint density at radius 2 is 1.85 bits per heavy atom. The van der Waals surface area contributed by atoms with Crippen molar-refractivity contribution in [2.24, 2.45) is 5.92 Å². The summed E-state index contributed by atoms with van der Waals surface area (Å²) in [5.74, 6) is 0.650. The maximum atomic E-state index is 7.10. The van der Waals surface area contributed by atoms with E-state index in [4.69, 9.17) is 14.9 Å². The third-order valence-electron chi connectivity index (χ3n) is 7.40. The second kappa shape index (κ2) is 9.16. The van der Waals surface area contributed by atoms with E-state index in [2.05, 4.69) is 86.1 Å². The first-order chi connectivity index (χ1) is 15.6. The first-order valence-corrected chi connectivity index (χ1v) is 14.8. The van der Waals surface area contributed by atoms with E-state index in [-0.39, 0.29) is 29.4 Å². The van der Waals surface area contributed by atoms with Crippen LogP contribution in [0, 0.1) is 5.92 Å². The van der Waals surface area contributed by atoms with Gasteiger partial charge in [-0.2, -0.15) is 0 Å². The number of ether oxygens (including phenoxy) is 1. The Kier molecular flexibility index (Phi) is 6.62. The largest absolute Gasteiger partial charge is 0.409 e. The minimum atomic E-state index is -2.07. The SMILES string of the molecule is CC[C@H]1O[C@@H](n2cnc3c(N)ncnc32)[C@@H](O[Si](C)(C)C(C)(C)C)C1CCc1ccccc1. The topological polar surface area (TPSA) is 88.1 Å². The number of nitrogen functional groups attached to an aromatic ring is 1. The van der Waals surface area contributed by atoms with Crippen molar-refractivity contribution < 1.29 is 9.16 Å². The van der Waals surface area contributed by atoms with Gasteiger partial charge in [-0.05, 0) is 43.0 Å². The van der Waals surface area contributed by atoms with Gasteiger partial charge in [-0.15, -0.1) is 0 Å². The number of fused-ring (bicyclic) bond motifs is 1. The Balaban J connectivity index is 1.71. The first-order valence-electron chi connectivity index (χ1n) is 11.9. The second-order valence-corrected chi connectivity index (χ2v) is 15.3. The van der Waals surface area contributed by atoms with Gasteiger partial charge in [0.25, 0.3) is 0 Å². The molecule has 178 valence electrons. The van der Waals surface area contributed by atoms with Crippen LogP contribution in [0.25, 0.3) is 11.2 Å². The first kappa shape index (κ1) is 23.9. The van der Waals surface area contributed by atoms with Crippen molar-refractivity contribution in [3.8, 4) is 0 Å². The van der Waals surface area contributed by atoms with Crippen molar-refractivity contribution in [3.63, 3.8) is 0 Å². The van der Waals surface area contributed by atoms with E-state index in [1.54, 1.807) is 6.33 Å². The van der Waals surface area contributed by atoms with Gasteiger partial charge in [0.1, 0.15) is 11.8 Å². The molecule has 0 amide bonds. The number of nitrogens with zero attached hydrogens (tertiary/aromatic N) is 4. The predicted molar refractivity (Wildman–Crippen MR) is 134 cm³/mol. The molecule has 33 heavy (non-hydrogen) atoms. The molecule has 7 nitrogen and oxygen atoms in total. The fourth-order valence-corrected chi connectivity index (χ4v) is 5.78. The fraction of sp³-hybridized carbons (Fsp3) is 0.560. The summed E-state index contributed by atoms with van der Waals surface area (Å²) in [6, 6.07) is 10.7. The van der Waals surface area contributed by atoms with Crippen LogP contribution in [0.5, 0.6) is 0 Å². The second-order valence-electron chi connectivity index (χ2n) is 10.6. The predicted octanol–water partition coefficient (Wildman–Crippen LogP) is 5.36. The van der Waals surface area contributed by atoms with Crippen LogP contribution in [-0.2, 0) is 15.6 Å². The van der Waals surface area contributed by atoms with Crippen LogP contribution >= 0.6 is 0 Å². The molecule has 4 rings (SSSR count). The van der Waals surface area contributed by atoms with Crippen molar-refractivity contribution >= 4 is 25.3 Å². The Bertz CT molecular complexity index is 1080. The number of benzene rings is 1. The number of aryl methyl sites for hydroxylation is 1. The van der Waals surface area contributed by atoms with Crippen LogP contribution in [-0.4, -0.2) is 40.0 Å². The van der Waals surface area contributed by atoms with Crippen LogP contribution in [0.3, 0.4) is 0 Å². The van der Waals surface area contributed by atoms with E-state index >= 15 is 0 Å². The summed E-state index contributed by atoms with van der Waals surface area (Å²) in [7, 11) is -2.07. The number of hydrogen-bond donors (Lipinski definition) is 1. The van der Waals surface area contributed by atoms with Crippen LogP contribution < -0.4 is 5.73 Å². The van der Waals surface area contributed by atoms with Crippen LogP contribution in [0.4, 0.5) is 5.82 Å². The summed E-state index contributed by atoms with van der Waals surface area (Å²) < 4.78 is 15.8. The molecule has 1 fully saturated rings. The maximum absolute atomic E-state index is 7.10. The van der Waals surface area contributed by atoms with Crippen LogP contribution in [0.2, 0.25) is 18.1 Å². The van der Waals surface area contributed by atoms with Crippen LogP contribution in [0.1, 0.15) is 52.3 Å². The van der Waals surface area contributed by atoms with Crippen molar-refractivity contribution in [3.05, 3.63) is 48.5 Å². The lowest BCUT2D eigenvalue weighted by Crippen LogP contribution is -2.47. The number of hydrogen-bond acceptors (Lipinski definition) is 6. The average molecular weight is 468 g/mol. The lowest BCUT2D eigenvalue weighted by molar-refractivity contribution is -0.0322. The fourth-order valence-electron chi connectivity index (χ4n) is 4.45. The molecule has 0 radical (unpaired) electrons. The molecule has 3 heterocycles. The molecule has 8 heteroatoms. The van der Waals surface area contributed by atoms with Gasteiger partial charge in [0, 0.05) is 5.92 Å². The molecular weight excluding hydrogens is 430 g/mol. The van der Waals surface area contributed by atoms with E-state index < -0.39 is 8.32 Å². The zero-order valence-corrected chi connectivity index (χ0v) is 21.7. The minimum absolute atomic E-state index is 0.0897. The molecule has 0 bridgehead atoms. The molecule has 2 N–H and O–H groups in total. The Morgan fingerprint density at radius 1 is 1.12 bits per heavy atom. The molecule has 1 unspecified atom stereocenters. The zero-order chi connectivity index (χ0) is 23.8. The average Bonchev–Trinajstić information content (AvgIpc) is 3.34. The molecule has 1 aromatic carbocycles. The molecular formula is C25H37N5O2Si. The van der Waals surface area contributed by atoms with Crippen LogP contribution in [0.15, 0.2) is 43.0 Å². The maximum Gasteiger partial charge on any atom is 0.192 e. The highest BCUT2D eigenvalue weighted by Crippen LogP contribution is 2.46. The van der Waals surface area contributed by atoms with Gasteiger partial charge < -0.3 is 14.9 Å². The summed E-state index contributed by atoms with van der Waals surface area (Å²) in [5, 5.41) is 0.0927. The summed E-state index contributed by atoms with van der Waals surface area (Å²) in [5.41, 5.74) is 8.70. The lowest BCUT2D eigenvalue weighted by atomic mass is 9.90. The van der Waals surface area contributed by atoms with Gasteiger partial charge in [-0.3, -0.25) is 4.57 Å². The van der Waals surface area contributed by atoms with E-state index in [0.717, 1.165) is 19.3 Å². The third kappa shape index (κ3) is 4.69. The molecule has 1 aliphatic rings. The lowest BCUT2D eigenvalue weighted by Gasteiger charge is -2.41. The van der Waals surface area contributed by atoms with Gasteiger partial charge in [-0.25, -0.2) is 15.0 Å². The van der Waals surface area contributed by atoms with E-state index in [1.807, 2.05) is 4.57 Å². The molecule has 2 aromatic heterocycles.